The van der Waals surface area contributed by atoms with Crippen LogP contribution >= 0.6 is 23.2 Å². The van der Waals surface area contributed by atoms with Crippen LogP contribution in [0, 0.1) is 5.92 Å². The van der Waals surface area contributed by atoms with E-state index in [-0.39, 0.29) is 12.1 Å². The van der Waals surface area contributed by atoms with Gasteiger partial charge in [-0.2, -0.15) is 0 Å². The highest BCUT2D eigenvalue weighted by Crippen LogP contribution is 2.26. The van der Waals surface area contributed by atoms with Crippen LogP contribution in [0.2, 0.25) is 10.0 Å². The maximum Gasteiger partial charge on any atom is 0.319 e. The third-order valence-electron chi connectivity index (χ3n) is 3.49. The second-order valence-electron chi connectivity index (χ2n) is 5.15. The smallest absolute Gasteiger partial charge is 0.319 e. The molecule has 1 saturated carbocycles. The molecule has 6 heteroatoms. The highest BCUT2D eigenvalue weighted by Gasteiger charge is 2.20. The maximum atomic E-state index is 11.8. The van der Waals surface area contributed by atoms with E-state index in [1.54, 1.807) is 18.2 Å². The molecule has 0 saturated heterocycles. The number of carbonyl (C=O) groups excluding carboxylic acids is 1. The molecular formula is C14H18Cl2N2O2. The van der Waals surface area contributed by atoms with Crippen LogP contribution in [0.1, 0.15) is 25.7 Å². The molecule has 0 aromatic heterocycles. The van der Waals surface area contributed by atoms with E-state index in [0.29, 0.717) is 28.2 Å². The van der Waals surface area contributed by atoms with Crippen molar-refractivity contribution >= 4 is 34.9 Å². The monoisotopic (exact) mass is 316 g/mol. The Bertz CT molecular complexity index is 482. The van der Waals surface area contributed by atoms with Crippen LogP contribution in [0.3, 0.4) is 0 Å². The quantitative estimate of drug-likeness (QED) is 0.796. The zero-order valence-electron chi connectivity index (χ0n) is 11.0. The summed E-state index contributed by atoms with van der Waals surface area (Å²) >= 11 is 11.8. The summed E-state index contributed by atoms with van der Waals surface area (Å²) in [5, 5.41) is 16.0. The molecule has 2 rings (SSSR count). The van der Waals surface area contributed by atoms with Crippen molar-refractivity contribution in [3.05, 3.63) is 28.2 Å². The molecule has 1 aliphatic carbocycles. The first-order valence-corrected chi connectivity index (χ1v) is 7.48. The summed E-state index contributed by atoms with van der Waals surface area (Å²) in [5.41, 5.74) is 0.525. The van der Waals surface area contributed by atoms with Crippen LogP contribution in [0.4, 0.5) is 10.5 Å². The number of nitrogens with one attached hydrogen (secondary N) is 2. The molecule has 0 aliphatic heterocycles. The average molecular weight is 317 g/mol. The molecule has 2 atom stereocenters. The van der Waals surface area contributed by atoms with Crippen molar-refractivity contribution in [1.29, 1.82) is 0 Å². The minimum atomic E-state index is -0.297. The number of benzene rings is 1. The SMILES string of the molecule is O=C(NCC1CCCC(O)C1)Nc1ccc(Cl)cc1Cl. The normalized spacial score (nSPS) is 22.4. The van der Waals surface area contributed by atoms with E-state index in [0.717, 1.165) is 25.7 Å². The van der Waals surface area contributed by atoms with Gasteiger partial charge in [0, 0.05) is 11.6 Å². The average Bonchev–Trinajstić information content (AvgIpc) is 2.40. The molecule has 1 aliphatic rings. The second kappa shape index (κ2) is 7.16. The molecule has 1 aromatic carbocycles. The molecule has 0 spiro atoms. The van der Waals surface area contributed by atoms with Gasteiger partial charge in [0.15, 0.2) is 0 Å². The molecule has 4 nitrogen and oxygen atoms in total. The van der Waals surface area contributed by atoms with Gasteiger partial charge in [0.1, 0.15) is 0 Å². The van der Waals surface area contributed by atoms with E-state index in [2.05, 4.69) is 10.6 Å². The van der Waals surface area contributed by atoms with Gasteiger partial charge in [-0.1, -0.05) is 29.6 Å². The first-order valence-electron chi connectivity index (χ1n) is 6.72. The van der Waals surface area contributed by atoms with Gasteiger partial charge < -0.3 is 15.7 Å². The number of rotatable bonds is 3. The van der Waals surface area contributed by atoms with Gasteiger partial charge in [-0.15, -0.1) is 0 Å². The summed E-state index contributed by atoms with van der Waals surface area (Å²) in [6.07, 6.45) is 3.44. The molecule has 0 bridgehead atoms. The van der Waals surface area contributed by atoms with Gasteiger partial charge in [0.25, 0.3) is 0 Å². The molecule has 3 N–H and O–H groups in total. The second-order valence-corrected chi connectivity index (χ2v) is 5.99. The number of hydrogen-bond donors (Lipinski definition) is 3. The van der Waals surface area contributed by atoms with Crippen molar-refractivity contribution in [1.82, 2.24) is 5.32 Å². The largest absolute Gasteiger partial charge is 0.393 e. The number of aliphatic hydroxyl groups is 1. The Labute approximate surface area is 128 Å². The Kier molecular flexibility index (Phi) is 5.52. The van der Waals surface area contributed by atoms with Gasteiger partial charge in [-0.3, -0.25) is 0 Å². The van der Waals surface area contributed by atoms with Crippen molar-refractivity contribution in [2.24, 2.45) is 5.92 Å². The lowest BCUT2D eigenvalue weighted by molar-refractivity contribution is 0.101. The molecule has 2 unspecified atom stereocenters. The van der Waals surface area contributed by atoms with Crippen LogP contribution in [0.25, 0.3) is 0 Å². The minimum Gasteiger partial charge on any atom is -0.393 e. The number of urea groups is 1. The van der Waals surface area contributed by atoms with Crippen molar-refractivity contribution in [3.8, 4) is 0 Å². The zero-order chi connectivity index (χ0) is 14.5. The van der Waals surface area contributed by atoms with Crippen LogP contribution in [0.5, 0.6) is 0 Å². The first kappa shape index (κ1) is 15.4. The Balaban J connectivity index is 1.80. The molecule has 0 heterocycles. The van der Waals surface area contributed by atoms with Crippen LogP contribution in [0.15, 0.2) is 18.2 Å². The van der Waals surface area contributed by atoms with E-state index in [1.807, 2.05) is 0 Å². The van der Waals surface area contributed by atoms with E-state index in [9.17, 15) is 9.90 Å². The van der Waals surface area contributed by atoms with Crippen LogP contribution < -0.4 is 10.6 Å². The summed E-state index contributed by atoms with van der Waals surface area (Å²) in [7, 11) is 0. The Morgan fingerprint density at radius 2 is 2.15 bits per heavy atom. The first-order chi connectivity index (χ1) is 9.54. The number of aliphatic hydroxyl groups excluding tert-OH is 1. The molecule has 1 aromatic rings. The Hall–Kier alpha value is -0.970. The van der Waals surface area contributed by atoms with Gasteiger partial charge in [0.2, 0.25) is 0 Å². The third-order valence-corrected chi connectivity index (χ3v) is 4.03. The van der Waals surface area contributed by atoms with E-state index >= 15 is 0 Å². The highest BCUT2D eigenvalue weighted by atomic mass is 35.5. The van der Waals surface area contributed by atoms with Gasteiger partial charge in [-0.05, 0) is 43.4 Å². The summed E-state index contributed by atoms with van der Waals surface area (Å²) in [6, 6.07) is 4.61. The van der Waals surface area contributed by atoms with Crippen molar-refractivity contribution in [2.45, 2.75) is 31.8 Å². The number of amides is 2. The number of hydrogen-bond acceptors (Lipinski definition) is 2. The molecular weight excluding hydrogens is 299 g/mol. The predicted molar refractivity (Wildman–Crippen MR) is 81.4 cm³/mol. The Morgan fingerprint density at radius 3 is 2.85 bits per heavy atom. The van der Waals surface area contributed by atoms with Crippen LogP contribution in [-0.2, 0) is 0 Å². The lowest BCUT2D eigenvalue weighted by atomic mass is 9.87. The summed E-state index contributed by atoms with van der Waals surface area (Å²) < 4.78 is 0. The molecule has 2 amide bonds. The molecule has 110 valence electrons. The Morgan fingerprint density at radius 1 is 1.35 bits per heavy atom. The van der Waals surface area contributed by atoms with Crippen molar-refractivity contribution in [2.75, 3.05) is 11.9 Å². The standard InChI is InChI=1S/C14H18Cl2N2O2/c15-10-4-5-13(12(16)7-10)18-14(20)17-8-9-2-1-3-11(19)6-9/h4-5,7,9,11,19H,1-3,6,8H2,(H2,17,18,20). The number of halogens is 2. The van der Waals surface area contributed by atoms with E-state index in [4.69, 9.17) is 23.2 Å². The summed E-state index contributed by atoms with van der Waals surface area (Å²) in [6.45, 7) is 0.564. The summed E-state index contributed by atoms with van der Waals surface area (Å²) in [5.74, 6) is 0.338. The van der Waals surface area contributed by atoms with E-state index in [1.165, 1.54) is 0 Å². The maximum absolute atomic E-state index is 11.8. The summed E-state index contributed by atoms with van der Waals surface area (Å²) in [4.78, 5) is 11.8. The predicted octanol–water partition coefficient (Wildman–Crippen LogP) is 3.67. The number of anilines is 1. The van der Waals surface area contributed by atoms with Crippen molar-refractivity contribution < 1.29 is 9.90 Å². The van der Waals surface area contributed by atoms with Gasteiger partial charge >= 0.3 is 6.03 Å². The lowest BCUT2D eigenvalue weighted by Crippen LogP contribution is -2.35. The number of carbonyl (C=O) groups is 1. The van der Waals surface area contributed by atoms with Crippen molar-refractivity contribution in [3.63, 3.8) is 0 Å². The molecule has 20 heavy (non-hydrogen) atoms. The van der Waals surface area contributed by atoms with Gasteiger partial charge in [0.05, 0.1) is 16.8 Å². The third kappa shape index (κ3) is 4.54. The van der Waals surface area contributed by atoms with Gasteiger partial charge in [-0.25, -0.2) is 4.79 Å². The lowest BCUT2D eigenvalue weighted by Gasteiger charge is -2.25. The molecule has 1 fully saturated rings. The fourth-order valence-corrected chi connectivity index (χ4v) is 2.90. The fraction of sp³-hybridized carbons (Fsp3) is 0.500. The highest BCUT2D eigenvalue weighted by molar-refractivity contribution is 6.36. The molecule has 0 radical (unpaired) electrons. The van der Waals surface area contributed by atoms with E-state index < -0.39 is 0 Å². The van der Waals surface area contributed by atoms with Crippen LogP contribution in [-0.4, -0.2) is 23.8 Å². The fourth-order valence-electron chi connectivity index (χ4n) is 2.44. The topological polar surface area (TPSA) is 61.4 Å². The minimum absolute atomic E-state index is 0.232. The zero-order valence-corrected chi connectivity index (χ0v) is 12.5.